The summed E-state index contributed by atoms with van der Waals surface area (Å²) in [6.07, 6.45) is 1.67. The Bertz CT molecular complexity index is 918. The number of nitrogens with zero attached hydrogens (tertiary/aromatic N) is 2. The van der Waals surface area contributed by atoms with Crippen LogP contribution in [0.25, 0.3) is 0 Å². The van der Waals surface area contributed by atoms with Crippen LogP contribution in [0.4, 0.5) is 23.1 Å². The number of anilines is 4. The van der Waals surface area contributed by atoms with E-state index in [-0.39, 0.29) is 0 Å². The number of aromatic nitrogens is 2. The molecule has 7 heteroatoms. The highest BCUT2D eigenvalue weighted by Crippen LogP contribution is 2.31. The van der Waals surface area contributed by atoms with E-state index >= 15 is 0 Å². The van der Waals surface area contributed by atoms with Crippen molar-refractivity contribution in [2.45, 2.75) is 6.92 Å². The molecule has 6 nitrogen and oxygen atoms in total. The molecule has 3 rings (SSSR count). The second kappa shape index (κ2) is 7.93. The molecular formula is C19H19ClN4O2. The fourth-order valence-electron chi connectivity index (χ4n) is 2.34. The summed E-state index contributed by atoms with van der Waals surface area (Å²) in [7, 11) is 3.21. The van der Waals surface area contributed by atoms with Gasteiger partial charge in [-0.15, -0.1) is 0 Å². The third-order valence-electron chi connectivity index (χ3n) is 3.75. The Morgan fingerprint density at radius 2 is 1.81 bits per heavy atom. The Labute approximate surface area is 157 Å². The van der Waals surface area contributed by atoms with Gasteiger partial charge in [0.05, 0.1) is 19.9 Å². The van der Waals surface area contributed by atoms with Gasteiger partial charge in [0.15, 0.2) is 0 Å². The average Bonchev–Trinajstić information content (AvgIpc) is 2.65. The van der Waals surface area contributed by atoms with E-state index in [1.54, 1.807) is 26.5 Å². The maximum atomic E-state index is 6.17. The monoisotopic (exact) mass is 370 g/mol. The molecule has 134 valence electrons. The molecule has 0 aliphatic rings. The molecule has 0 aliphatic carbocycles. The van der Waals surface area contributed by atoms with Gasteiger partial charge in [0.2, 0.25) is 5.95 Å². The number of aryl methyl sites for hydroxylation is 1. The summed E-state index contributed by atoms with van der Waals surface area (Å²) in [5.74, 6) is 2.44. The van der Waals surface area contributed by atoms with Crippen LogP contribution in [0.2, 0.25) is 5.02 Å². The van der Waals surface area contributed by atoms with Crippen LogP contribution in [-0.4, -0.2) is 24.2 Å². The van der Waals surface area contributed by atoms with Gasteiger partial charge in [0.1, 0.15) is 17.3 Å². The number of ether oxygens (including phenoxy) is 2. The highest BCUT2D eigenvalue weighted by atomic mass is 35.5. The van der Waals surface area contributed by atoms with Crippen molar-refractivity contribution in [1.82, 2.24) is 9.97 Å². The molecule has 0 saturated carbocycles. The Morgan fingerprint density at radius 3 is 2.54 bits per heavy atom. The molecule has 0 saturated heterocycles. The van der Waals surface area contributed by atoms with Gasteiger partial charge in [-0.2, -0.15) is 4.98 Å². The first-order valence-corrected chi connectivity index (χ1v) is 8.32. The van der Waals surface area contributed by atoms with Gasteiger partial charge in [-0.3, -0.25) is 0 Å². The van der Waals surface area contributed by atoms with Crippen LogP contribution in [-0.2, 0) is 0 Å². The van der Waals surface area contributed by atoms with Crippen molar-refractivity contribution in [3.05, 3.63) is 59.2 Å². The molecule has 0 spiro atoms. The number of nitrogens with one attached hydrogen (secondary N) is 2. The van der Waals surface area contributed by atoms with Crippen molar-refractivity contribution in [3.8, 4) is 11.5 Å². The number of rotatable bonds is 6. The molecule has 1 heterocycles. The Kier molecular flexibility index (Phi) is 5.43. The highest BCUT2D eigenvalue weighted by Gasteiger charge is 2.08. The minimum Gasteiger partial charge on any atom is -0.497 e. The quantitative estimate of drug-likeness (QED) is 0.640. The van der Waals surface area contributed by atoms with E-state index < -0.39 is 0 Å². The zero-order valence-corrected chi connectivity index (χ0v) is 15.5. The van der Waals surface area contributed by atoms with Gasteiger partial charge in [0, 0.05) is 23.0 Å². The van der Waals surface area contributed by atoms with E-state index in [4.69, 9.17) is 21.1 Å². The minimum atomic E-state index is 0.430. The fraction of sp³-hybridized carbons (Fsp3) is 0.158. The number of benzene rings is 2. The van der Waals surface area contributed by atoms with E-state index in [2.05, 4.69) is 20.6 Å². The van der Waals surface area contributed by atoms with E-state index in [9.17, 15) is 0 Å². The van der Waals surface area contributed by atoms with Gasteiger partial charge in [-0.1, -0.05) is 17.7 Å². The van der Waals surface area contributed by atoms with Crippen molar-refractivity contribution in [1.29, 1.82) is 0 Å². The molecule has 2 N–H and O–H groups in total. The van der Waals surface area contributed by atoms with Crippen LogP contribution in [0.1, 0.15) is 5.56 Å². The van der Waals surface area contributed by atoms with Crippen LogP contribution in [0.5, 0.6) is 11.5 Å². The van der Waals surface area contributed by atoms with Crippen molar-refractivity contribution in [2.75, 3.05) is 24.9 Å². The summed E-state index contributed by atoms with van der Waals surface area (Å²) in [4.78, 5) is 8.73. The summed E-state index contributed by atoms with van der Waals surface area (Å²) in [5, 5.41) is 7.07. The van der Waals surface area contributed by atoms with Gasteiger partial charge in [0.25, 0.3) is 0 Å². The predicted molar refractivity (Wildman–Crippen MR) is 104 cm³/mol. The smallest absolute Gasteiger partial charge is 0.229 e. The Balaban J connectivity index is 1.82. The van der Waals surface area contributed by atoms with Crippen LogP contribution in [0.3, 0.4) is 0 Å². The van der Waals surface area contributed by atoms with Crippen LogP contribution >= 0.6 is 11.6 Å². The molecule has 0 aliphatic heterocycles. The lowest BCUT2D eigenvalue weighted by atomic mass is 10.2. The SMILES string of the molecule is COc1ccc(OC)c(Nc2nccc(Nc3ccc(C)c(Cl)c3)n2)c1. The molecule has 0 amide bonds. The molecule has 0 bridgehead atoms. The second-order valence-electron chi connectivity index (χ2n) is 5.55. The zero-order chi connectivity index (χ0) is 18.5. The number of methoxy groups -OCH3 is 2. The molecule has 3 aromatic rings. The summed E-state index contributed by atoms with van der Waals surface area (Å²) in [5.41, 5.74) is 2.58. The lowest BCUT2D eigenvalue weighted by Gasteiger charge is -2.12. The zero-order valence-electron chi connectivity index (χ0n) is 14.7. The first kappa shape index (κ1) is 17.8. The highest BCUT2D eigenvalue weighted by molar-refractivity contribution is 6.31. The normalized spacial score (nSPS) is 10.3. The van der Waals surface area contributed by atoms with E-state index in [0.29, 0.717) is 34.0 Å². The van der Waals surface area contributed by atoms with Crippen molar-refractivity contribution in [2.24, 2.45) is 0 Å². The minimum absolute atomic E-state index is 0.430. The maximum absolute atomic E-state index is 6.17. The van der Waals surface area contributed by atoms with Gasteiger partial charge >= 0.3 is 0 Å². The molecule has 0 radical (unpaired) electrons. The maximum Gasteiger partial charge on any atom is 0.229 e. The molecule has 0 unspecified atom stereocenters. The standard InChI is InChI=1S/C19H19ClN4O2/c1-12-4-5-13(10-15(12)20)22-18-8-9-21-19(24-18)23-16-11-14(25-2)6-7-17(16)26-3/h4-11H,1-3H3,(H2,21,22,23,24). The average molecular weight is 371 g/mol. The number of hydrogen-bond acceptors (Lipinski definition) is 6. The van der Waals surface area contributed by atoms with Gasteiger partial charge in [-0.05, 0) is 42.8 Å². The first-order chi connectivity index (χ1) is 12.6. The first-order valence-electron chi connectivity index (χ1n) is 7.94. The molecular weight excluding hydrogens is 352 g/mol. The number of hydrogen-bond donors (Lipinski definition) is 2. The van der Waals surface area contributed by atoms with Gasteiger partial charge in [-0.25, -0.2) is 4.98 Å². The van der Waals surface area contributed by atoms with Crippen molar-refractivity contribution >= 4 is 34.7 Å². The summed E-state index contributed by atoms with van der Waals surface area (Å²) in [6.45, 7) is 1.96. The molecule has 0 fully saturated rings. The van der Waals surface area contributed by atoms with E-state index in [0.717, 1.165) is 11.3 Å². The van der Waals surface area contributed by atoms with Crippen LogP contribution < -0.4 is 20.1 Å². The Morgan fingerprint density at radius 1 is 0.962 bits per heavy atom. The molecule has 0 atom stereocenters. The number of halogens is 1. The lowest BCUT2D eigenvalue weighted by Crippen LogP contribution is -2.02. The summed E-state index contributed by atoms with van der Waals surface area (Å²) < 4.78 is 10.6. The third-order valence-corrected chi connectivity index (χ3v) is 4.16. The predicted octanol–water partition coefficient (Wildman–Crippen LogP) is 4.94. The summed E-state index contributed by atoms with van der Waals surface area (Å²) in [6, 6.07) is 13.0. The fourth-order valence-corrected chi connectivity index (χ4v) is 2.52. The molecule has 2 aromatic carbocycles. The van der Waals surface area contributed by atoms with E-state index in [1.807, 2.05) is 43.3 Å². The molecule has 26 heavy (non-hydrogen) atoms. The third kappa shape index (κ3) is 4.15. The van der Waals surface area contributed by atoms with Crippen LogP contribution in [0.15, 0.2) is 48.7 Å². The largest absolute Gasteiger partial charge is 0.497 e. The topological polar surface area (TPSA) is 68.3 Å². The van der Waals surface area contributed by atoms with E-state index in [1.165, 1.54) is 0 Å². The second-order valence-corrected chi connectivity index (χ2v) is 5.95. The summed E-state index contributed by atoms with van der Waals surface area (Å²) >= 11 is 6.17. The van der Waals surface area contributed by atoms with Crippen LogP contribution in [0, 0.1) is 6.92 Å². The van der Waals surface area contributed by atoms with Crippen molar-refractivity contribution in [3.63, 3.8) is 0 Å². The Hall–Kier alpha value is -2.99. The van der Waals surface area contributed by atoms with Crippen molar-refractivity contribution < 1.29 is 9.47 Å². The molecule has 1 aromatic heterocycles. The van der Waals surface area contributed by atoms with Gasteiger partial charge < -0.3 is 20.1 Å². The lowest BCUT2D eigenvalue weighted by molar-refractivity contribution is 0.405.